The van der Waals surface area contributed by atoms with Crippen LogP contribution in [0.15, 0.2) is 97.1 Å². The number of hydrogen-bond acceptors (Lipinski definition) is 8. The molecule has 5 aromatic rings. The van der Waals surface area contributed by atoms with Crippen molar-refractivity contribution in [2.45, 2.75) is 12.6 Å². The van der Waals surface area contributed by atoms with Crippen molar-refractivity contribution in [1.29, 1.82) is 5.26 Å². The van der Waals surface area contributed by atoms with Crippen LogP contribution in [0, 0.1) is 28.9 Å². The van der Waals surface area contributed by atoms with Crippen molar-refractivity contribution in [1.82, 2.24) is 25.9 Å². The second-order valence-corrected chi connectivity index (χ2v) is 9.94. The Morgan fingerprint density at radius 3 is 2.53 bits per heavy atom. The van der Waals surface area contributed by atoms with Gasteiger partial charge in [-0.15, -0.1) is 5.53 Å². The Kier molecular flexibility index (Phi) is 7.35. The van der Waals surface area contributed by atoms with Crippen molar-refractivity contribution < 1.29 is 14.5 Å². The average molecular weight is 600 g/mol. The SMILES string of the molecule is [2H][C@](Nc1cc(Cl)c2ncc(C#N)c(Nc3cnc(F)c(F)c3)c2c1)(C1=CN(Cc2ccccc2)NN1)c1ccc(F)cc1. The highest BCUT2D eigenvalue weighted by molar-refractivity contribution is 6.36. The molecule has 4 N–H and O–H groups in total. The summed E-state index contributed by atoms with van der Waals surface area (Å²) in [7, 11) is 0. The number of aromatic nitrogens is 2. The zero-order valence-corrected chi connectivity index (χ0v) is 22.9. The van der Waals surface area contributed by atoms with Crippen LogP contribution in [0.2, 0.25) is 5.02 Å². The highest BCUT2D eigenvalue weighted by Gasteiger charge is 2.24. The van der Waals surface area contributed by atoms with E-state index in [9.17, 15) is 19.8 Å². The fourth-order valence-corrected chi connectivity index (χ4v) is 4.85. The van der Waals surface area contributed by atoms with Gasteiger partial charge >= 0.3 is 0 Å². The number of anilines is 3. The van der Waals surface area contributed by atoms with E-state index >= 15 is 0 Å². The molecule has 2 aromatic heterocycles. The minimum absolute atomic E-state index is 0.0911. The van der Waals surface area contributed by atoms with E-state index in [1.54, 1.807) is 23.3 Å². The van der Waals surface area contributed by atoms with Gasteiger partial charge in [-0.25, -0.2) is 13.8 Å². The maximum atomic E-state index is 13.9. The maximum Gasteiger partial charge on any atom is 0.249 e. The summed E-state index contributed by atoms with van der Waals surface area (Å²) in [5, 5.41) is 18.3. The van der Waals surface area contributed by atoms with Crippen LogP contribution in [-0.4, -0.2) is 15.0 Å². The zero-order valence-electron chi connectivity index (χ0n) is 23.2. The van der Waals surface area contributed by atoms with E-state index < -0.39 is 23.6 Å². The normalized spacial score (nSPS) is 14.3. The lowest BCUT2D eigenvalue weighted by Gasteiger charge is -2.22. The number of pyridine rings is 2. The van der Waals surface area contributed by atoms with Gasteiger partial charge in [-0.1, -0.05) is 54.1 Å². The summed E-state index contributed by atoms with van der Waals surface area (Å²) in [6.07, 6.45) is 4.13. The van der Waals surface area contributed by atoms with Crippen LogP contribution in [0.5, 0.6) is 0 Å². The van der Waals surface area contributed by atoms with Crippen molar-refractivity contribution in [2.75, 3.05) is 10.6 Å². The van der Waals surface area contributed by atoms with Crippen LogP contribution >= 0.6 is 11.6 Å². The van der Waals surface area contributed by atoms with Gasteiger partial charge in [0, 0.05) is 29.5 Å². The van der Waals surface area contributed by atoms with E-state index in [0.717, 1.165) is 17.8 Å². The van der Waals surface area contributed by atoms with Gasteiger partial charge in [-0.3, -0.25) is 9.99 Å². The van der Waals surface area contributed by atoms with Crippen LogP contribution in [0.3, 0.4) is 0 Å². The molecule has 0 unspecified atom stereocenters. The van der Waals surface area contributed by atoms with E-state index in [0.29, 0.717) is 34.4 Å². The number of rotatable bonds is 8. The molecule has 1 aliphatic heterocycles. The smallest absolute Gasteiger partial charge is 0.249 e. The van der Waals surface area contributed by atoms with Gasteiger partial charge in [0.05, 0.1) is 53.3 Å². The van der Waals surface area contributed by atoms with Gasteiger partial charge < -0.3 is 16.1 Å². The van der Waals surface area contributed by atoms with Gasteiger partial charge in [0.2, 0.25) is 5.95 Å². The van der Waals surface area contributed by atoms with E-state index in [1.165, 1.54) is 30.5 Å². The molecule has 214 valence electrons. The van der Waals surface area contributed by atoms with Crippen molar-refractivity contribution in [3.63, 3.8) is 0 Å². The maximum absolute atomic E-state index is 13.9. The lowest BCUT2D eigenvalue weighted by molar-refractivity contribution is 0.262. The lowest BCUT2D eigenvalue weighted by Crippen LogP contribution is -2.37. The van der Waals surface area contributed by atoms with Crippen molar-refractivity contribution >= 4 is 39.6 Å². The molecule has 0 amide bonds. The zero-order chi connectivity index (χ0) is 30.8. The van der Waals surface area contributed by atoms with Gasteiger partial charge in [-0.2, -0.15) is 9.65 Å². The minimum Gasteiger partial charge on any atom is -0.373 e. The Balaban J connectivity index is 1.42. The van der Waals surface area contributed by atoms with E-state index in [1.807, 2.05) is 36.4 Å². The summed E-state index contributed by atoms with van der Waals surface area (Å²) in [4.78, 5) is 7.71. The molecule has 6 rings (SSSR count). The summed E-state index contributed by atoms with van der Waals surface area (Å²) >= 11 is 6.65. The number of nitriles is 1. The van der Waals surface area contributed by atoms with Gasteiger partial charge in [0.25, 0.3) is 0 Å². The summed E-state index contributed by atoms with van der Waals surface area (Å²) in [6, 6.07) is 19.7. The lowest BCUT2D eigenvalue weighted by atomic mass is 10.0. The summed E-state index contributed by atoms with van der Waals surface area (Å²) < 4.78 is 50.9. The molecule has 3 aromatic carbocycles. The number of hydrazine groups is 2. The van der Waals surface area contributed by atoms with Gasteiger partial charge in [0.1, 0.15) is 11.9 Å². The Hall–Kier alpha value is -5.31. The third-order valence-electron chi connectivity index (χ3n) is 6.60. The van der Waals surface area contributed by atoms with E-state index in [2.05, 4.69) is 31.6 Å². The highest BCUT2D eigenvalue weighted by Crippen LogP contribution is 2.37. The molecule has 1 atom stereocenters. The fourth-order valence-electron chi connectivity index (χ4n) is 4.59. The number of nitrogens with one attached hydrogen (secondary N) is 4. The van der Waals surface area contributed by atoms with E-state index in [-0.39, 0.29) is 22.0 Å². The second kappa shape index (κ2) is 11.9. The predicted molar refractivity (Wildman–Crippen MR) is 158 cm³/mol. The molecule has 0 saturated heterocycles. The Morgan fingerprint density at radius 1 is 1.00 bits per heavy atom. The molecule has 0 saturated carbocycles. The highest BCUT2D eigenvalue weighted by atomic mass is 35.5. The third-order valence-corrected chi connectivity index (χ3v) is 6.89. The molecule has 1 aliphatic rings. The molecular formula is C31H22ClF3N8. The standard InChI is InChI=1S/C31H22ClF3N8/c32-25-11-22(10-24-28(20(13-36)14-37-30(24)25)40-23-12-26(34)31(35)38-15-23)39-29(19-6-8-21(33)9-7-19)27-17-43(42-41-27)16-18-4-2-1-3-5-18/h1-12,14-15,17,29,39,41-42H,16H2,(H,37,40)/t29-/m1/s1/i29D. The van der Waals surface area contributed by atoms with Crippen molar-refractivity contribution in [3.8, 4) is 6.07 Å². The number of halogens is 4. The largest absolute Gasteiger partial charge is 0.373 e. The van der Waals surface area contributed by atoms with Crippen LogP contribution in [0.25, 0.3) is 10.9 Å². The quantitative estimate of drug-likeness (QED) is 0.144. The van der Waals surface area contributed by atoms with Crippen LogP contribution in [0.4, 0.5) is 30.2 Å². The average Bonchev–Trinajstić information content (AvgIpc) is 3.49. The molecule has 0 bridgehead atoms. The molecule has 0 aliphatic carbocycles. The molecule has 3 heterocycles. The summed E-state index contributed by atoms with van der Waals surface area (Å²) in [6.45, 7) is 0.495. The Bertz CT molecular complexity index is 1940. The van der Waals surface area contributed by atoms with Crippen LogP contribution in [0.1, 0.15) is 24.1 Å². The minimum atomic E-state index is -1.69. The van der Waals surface area contributed by atoms with Crippen LogP contribution in [-0.2, 0) is 6.54 Å². The first-order valence-electron chi connectivity index (χ1n) is 13.4. The topological polar surface area (TPSA) is 101 Å². The predicted octanol–water partition coefficient (Wildman–Crippen LogP) is 6.84. The summed E-state index contributed by atoms with van der Waals surface area (Å²) in [5.41, 5.74) is 9.01. The molecule has 0 spiro atoms. The first kappa shape index (κ1) is 26.6. The third kappa shape index (κ3) is 6.01. The second-order valence-electron chi connectivity index (χ2n) is 9.53. The molecule has 43 heavy (non-hydrogen) atoms. The van der Waals surface area contributed by atoms with Gasteiger partial charge in [-0.05, 0) is 35.4 Å². The molecule has 0 radical (unpaired) electrons. The van der Waals surface area contributed by atoms with Gasteiger partial charge in [0.15, 0.2) is 5.82 Å². The number of nitrogens with zero attached hydrogens (tertiary/aromatic N) is 4. The summed E-state index contributed by atoms with van der Waals surface area (Å²) in [5.74, 6) is -2.89. The monoisotopic (exact) mass is 599 g/mol. The van der Waals surface area contributed by atoms with Crippen molar-refractivity contribution in [2.24, 2.45) is 0 Å². The Labute approximate surface area is 250 Å². The number of fused-ring (bicyclic) bond motifs is 1. The first-order valence-corrected chi connectivity index (χ1v) is 13.3. The first-order chi connectivity index (χ1) is 21.2. The molecule has 12 heteroatoms. The number of benzene rings is 3. The number of hydrogen-bond donors (Lipinski definition) is 4. The molecule has 8 nitrogen and oxygen atoms in total. The fraction of sp³-hybridized carbons (Fsp3) is 0.0645. The van der Waals surface area contributed by atoms with E-state index in [4.69, 9.17) is 11.6 Å². The van der Waals surface area contributed by atoms with Crippen molar-refractivity contribution in [3.05, 3.63) is 136 Å². The molecular weight excluding hydrogens is 577 g/mol. The van der Waals surface area contributed by atoms with Crippen LogP contribution < -0.4 is 21.6 Å². The Morgan fingerprint density at radius 2 is 1.79 bits per heavy atom. The molecule has 0 fully saturated rings.